The van der Waals surface area contributed by atoms with Crippen molar-refractivity contribution in [2.45, 2.75) is 0 Å². The quantitative estimate of drug-likeness (QED) is 0.186. The Bertz CT molecular complexity index is 3090. The van der Waals surface area contributed by atoms with Crippen LogP contribution in [0.2, 0.25) is 0 Å². The van der Waals surface area contributed by atoms with Gasteiger partial charge in [0.15, 0.2) is 0 Å². The molecule has 11 aromatic rings. The van der Waals surface area contributed by atoms with Gasteiger partial charge >= 0.3 is 0 Å². The Balaban J connectivity index is 1.17. The lowest BCUT2D eigenvalue weighted by molar-refractivity contribution is 0.669. The zero-order chi connectivity index (χ0) is 33.5. The number of hydrogen-bond donors (Lipinski definition) is 0. The SMILES string of the molecule is c1ccc(-c2cc(-c3ccc4c(c3)c3ccccc3n4-c3cccc4oc5ccccc5c34)cc(-n3c4ccccc4c4ccccc43)c2)cc1. The average Bonchev–Trinajstić information content (AvgIpc) is 3.86. The molecule has 51 heavy (non-hydrogen) atoms. The lowest BCUT2D eigenvalue weighted by atomic mass is 9.96. The lowest BCUT2D eigenvalue weighted by Gasteiger charge is -2.14. The van der Waals surface area contributed by atoms with Crippen molar-refractivity contribution in [3.05, 3.63) is 182 Å². The van der Waals surface area contributed by atoms with Gasteiger partial charge in [-0.25, -0.2) is 0 Å². The lowest BCUT2D eigenvalue weighted by Crippen LogP contribution is -1.96. The van der Waals surface area contributed by atoms with E-state index in [0.29, 0.717) is 0 Å². The Morgan fingerprint density at radius 2 is 0.863 bits per heavy atom. The number of para-hydroxylation sites is 4. The summed E-state index contributed by atoms with van der Waals surface area (Å²) in [4.78, 5) is 0. The number of benzene rings is 8. The summed E-state index contributed by atoms with van der Waals surface area (Å²) in [5.41, 5.74) is 13.5. The van der Waals surface area contributed by atoms with E-state index in [0.717, 1.165) is 33.3 Å². The minimum Gasteiger partial charge on any atom is -0.456 e. The smallest absolute Gasteiger partial charge is 0.137 e. The second kappa shape index (κ2) is 10.8. The molecule has 3 aromatic heterocycles. The zero-order valence-corrected chi connectivity index (χ0v) is 27.6. The standard InChI is InChI=1S/C48H30N2O/c1-2-13-31(14-3-1)33-27-34(29-35(28-33)49-41-19-8-4-15-36(41)37-16-5-9-20-42(37)49)32-25-26-44-40(30-32)38-17-6-10-21-43(38)50(44)45-22-12-24-47-48(45)39-18-7-11-23-46(39)51-47/h1-30H. The molecule has 238 valence electrons. The fraction of sp³-hybridized carbons (Fsp3) is 0. The van der Waals surface area contributed by atoms with Gasteiger partial charge in [0, 0.05) is 32.6 Å². The van der Waals surface area contributed by atoms with Gasteiger partial charge in [-0.15, -0.1) is 0 Å². The van der Waals surface area contributed by atoms with E-state index in [2.05, 4.69) is 185 Å². The van der Waals surface area contributed by atoms with Crippen LogP contribution >= 0.6 is 0 Å². The number of fused-ring (bicyclic) bond motifs is 9. The summed E-state index contributed by atoms with van der Waals surface area (Å²) in [5, 5.41) is 7.22. The van der Waals surface area contributed by atoms with E-state index >= 15 is 0 Å². The van der Waals surface area contributed by atoms with Gasteiger partial charge in [-0.3, -0.25) is 0 Å². The summed E-state index contributed by atoms with van der Waals surface area (Å²) in [5.74, 6) is 0. The molecule has 0 saturated carbocycles. The fourth-order valence-electron chi connectivity index (χ4n) is 8.26. The number of rotatable bonds is 4. The summed E-state index contributed by atoms with van der Waals surface area (Å²) in [7, 11) is 0. The Kier molecular flexibility index (Phi) is 5.96. The number of furan rings is 1. The monoisotopic (exact) mass is 650 g/mol. The van der Waals surface area contributed by atoms with E-state index in [1.54, 1.807) is 0 Å². The van der Waals surface area contributed by atoms with Crippen LogP contribution in [0.25, 0.3) is 99.2 Å². The third-order valence-electron chi connectivity index (χ3n) is 10.5. The highest BCUT2D eigenvalue weighted by molar-refractivity contribution is 6.15. The van der Waals surface area contributed by atoms with Crippen LogP contribution in [-0.4, -0.2) is 9.13 Å². The molecule has 0 radical (unpaired) electrons. The maximum absolute atomic E-state index is 6.32. The van der Waals surface area contributed by atoms with Gasteiger partial charge < -0.3 is 13.6 Å². The highest BCUT2D eigenvalue weighted by Gasteiger charge is 2.19. The van der Waals surface area contributed by atoms with E-state index < -0.39 is 0 Å². The largest absolute Gasteiger partial charge is 0.456 e. The molecule has 0 aliphatic rings. The minimum atomic E-state index is 0.895. The molecule has 0 unspecified atom stereocenters. The fourth-order valence-corrected chi connectivity index (χ4v) is 8.26. The molecule has 0 atom stereocenters. The average molecular weight is 651 g/mol. The topological polar surface area (TPSA) is 23.0 Å². The Hall–Kier alpha value is -6.84. The molecule has 3 heteroatoms. The number of nitrogens with zero attached hydrogens (tertiary/aromatic N) is 2. The van der Waals surface area contributed by atoms with E-state index in [4.69, 9.17) is 4.42 Å². The first-order valence-electron chi connectivity index (χ1n) is 17.4. The highest BCUT2D eigenvalue weighted by atomic mass is 16.3. The first-order chi connectivity index (χ1) is 25.3. The first kappa shape index (κ1) is 28.0. The van der Waals surface area contributed by atoms with Gasteiger partial charge in [-0.2, -0.15) is 0 Å². The number of hydrogen-bond acceptors (Lipinski definition) is 1. The molecule has 0 aliphatic carbocycles. The van der Waals surface area contributed by atoms with E-state index in [1.165, 1.54) is 65.9 Å². The van der Waals surface area contributed by atoms with Crippen LogP contribution in [0.15, 0.2) is 186 Å². The molecule has 0 fully saturated rings. The molecule has 8 aromatic carbocycles. The van der Waals surface area contributed by atoms with Crippen molar-refractivity contribution >= 4 is 65.6 Å². The summed E-state index contributed by atoms with van der Waals surface area (Å²) in [6.45, 7) is 0. The molecule has 0 amide bonds. The third kappa shape index (κ3) is 4.19. The van der Waals surface area contributed by atoms with Crippen molar-refractivity contribution < 1.29 is 4.42 Å². The molecule has 11 rings (SSSR count). The van der Waals surface area contributed by atoms with Crippen LogP contribution in [0.1, 0.15) is 0 Å². The van der Waals surface area contributed by atoms with Crippen molar-refractivity contribution in [1.82, 2.24) is 9.13 Å². The normalized spacial score (nSPS) is 11.9. The molecule has 0 saturated heterocycles. The van der Waals surface area contributed by atoms with Crippen molar-refractivity contribution in [2.75, 3.05) is 0 Å². The van der Waals surface area contributed by atoms with Crippen LogP contribution in [0, 0.1) is 0 Å². The first-order valence-corrected chi connectivity index (χ1v) is 17.4. The van der Waals surface area contributed by atoms with Gasteiger partial charge in [0.2, 0.25) is 0 Å². The van der Waals surface area contributed by atoms with Gasteiger partial charge in [0.05, 0.1) is 33.1 Å². The van der Waals surface area contributed by atoms with Crippen LogP contribution < -0.4 is 0 Å². The van der Waals surface area contributed by atoms with E-state index in [-0.39, 0.29) is 0 Å². The molecular formula is C48H30N2O. The summed E-state index contributed by atoms with van der Waals surface area (Å²) in [6.07, 6.45) is 0. The van der Waals surface area contributed by atoms with E-state index in [1.807, 2.05) is 6.07 Å². The summed E-state index contributed by atoms with van der Waals surface area (Å²) >= 11 is 0. The van der Waals surface area contributed by atoms with Gasteiger partial charge in [-0.05, 0) is 89.0 Å². The van der Waals surface area contributed by atoms with E-state index in [9.17, 15) is 0 Å². The van der Waals surface area contributed by atoms with Crippen molar-refractivity contribution in [2.24, 2.45) is 0 Å². The van der Waals surface area contributed by atoms with Gasteiger partial charge in [0.1, 0.15) is 11.2 Å². The molecule has 0 spiro atoms. The predicted molar refractivity (Wildman–Crippen MR) is 213 cm³/mol. The van der Waals surface area contributed by atoms with Crippen LogP contribution in [-0.2, 0) is 0 Å². The number of aromatic nitrogens is 2. The maximum Gasteiger partial charge on any atom is 0.137 e. The van der Waals surface area contributed by atoms with Crippen molar-refractivity contribution in [3.8, 4) is 33.6 Å². The second-order valence-electron chi connectivity index (χ2n) is 13.3. The second-order valence-corrected chi connectivity index (χ2v) is 13.3. The molecule has 0 aliphatic heterocycles. The Labute approximate surface area is 293 Å². The van der Waals surface area contributed by atoms with Crippen molar-refractivity contribution in [1.29, 1.82) is 0 Å². The predicted octanol–water partition coefficient (Wildman–Crippen LogP) is 13.1. The summed E-state index contributed by atoms with van der Waals surface area (Å²) < 4.78 is 11.1. The minimum absolute atomic E-state index is 0.895. The molecule has 0 N–H and O–H groups in total. The van der Waals surface area contributed by atoms with Gasteiger partial charge in [0.25, 0.3) is 0 Å². The Morgan fingerprint density at radius 3 is 1.59 bits per heavy atom. The Morgan fingerprint density at radius 1 is 0.314 bits per heavy atom. The molecule has 3 nitrogen and oxygen atoms in total. The van der Waals surface area contributed by atoms with Crippen LogP contribution in [0.4, 0.5) is 0 Å². The summed E-state index contributed by atoms with van der Waals surface area (Å²) in [6, 6.07) is 65.6. The van der Waals surface area contributed by atoms with Crippen molar-refractivity contribution in [3.63, 3.8) is 0 Å². The third-order valence-corrected chi connectivity index (χ3v) is 10.5. The molecule has 0 bridgehead atoms. The molecule has 3 heterocycles. The maximum atomic E-state index is 6.32. The highest BCUT2D eigenvalue weighted by Crippen LogP contribution is 2.41. The van der Waals surface area contributed by atoms with Gasteiger partial charge in [-0.1, -0.05) is 115 Å². The molecular weight excluding hydrogens is 621 g/mol. The van der Waals surface area contributed by atoms with Crippen LogP contribution in [0.3, 0.4) is 0 Å². The zero-order valence-electron chi connectivity index (χ0n) is 27.6. The van der Waals surface area contributed by atoms with Crippen LogP contribution in [0.5, 0.6) is 0 Å².